The van der Waals surface area contributed by atoms with E-state index in [0.29, 0.717) is 5.11 Å². The van der Waals surface area contributed by atoms with Gasteiger partial charge in [0, 0.05) is 18.1 Å². The predicted octanol–water partition coefficient (Wildman–Crippen LogP) is 3.75. The minimum absolute atomic E-state index is 0.513. The average Bonchev–Trinajstić information content (AvgIpc) is 3.10. The molecule has 0 saturated carbocycles. The zero-order chi connectivity index (χ0) is 16.8. The second-order valence-electron chi connectivity index (χ2n) is 5.18. The van der Waals surface area contributed by atoms with Crippen molar-refractivity contribution >= 4 is 28.7 Å². The molecule has 0 bridgehead atoms. The lowest BCUT2D eigenvalue weighted by Gasteiger charge is -2.13. The maximum absolute atomic E-state index is 5.36. The van der Waals surface area contributed by atoms with Crippen molar-refractivity contribution in [2.24, 2.45) is 0 Å². The summed E-state index contributed by atoms with van der Waals surface area (Å²) in [4.78, 5) is 0. The Morgan fingerprint density at radius 3 is 2.58 bits per heavy atom. The Balaban J connectivity index is 1.60. The van der Waals surface area contributed by atoms with Crippen LogP contribution in [0.25, 0.3) is 0 Å². The minimum atomic E-state index is 0.513. The summed E-state index contributed by atoms with van der Waals surface area (Å²) in [6, 6.07) is 17.7. The minimum Gasteiger partial charge on any atom is -0.495 e. The van der Waals surface area contributed by atoms with Crippen LogP contribution in [0.15, 0.2) is 67.0 Å². The van der Waals surface area contributed by atoms with E-state index < -0.39 is 0 Å². The van der Waals surface area contributed by atoms with Crippen LogP contribution in [0.5, 0.6) is 5.75 Å². The molecule has 0 unspecified atom stereocenters. The van der Waals surface area contributed by atoms with Gasteiger partial charge in [-0.05, 0) is 48.1 Å². The third kappa shape index (κ3) is 4.11. The second kappa shape index (κ2) is 7.61. The number of ether oxygens (including phenoxy) is 1. The highest BCUT2D eigenvalue weighted by molar-refractivity contribution is 7.80. The zero-order valence-corrected chi connectivity index (χ0v) is 14.1. The molecule has 24 heavy (non-hydrogen) atoms. The third-order valence-electron chi connectivity index (χ3n) is 3.47. The summed E-state index contributed by atoms with van der Waals surface area (Å²) in [6.45, 7) is 0.747. The van der Waals surface area contributed by atoms with Crippen molar-refractivity contribution in [3.8, 4) is 5.75 Å². The lowest BCUT2D eigenvalue weighted by Crippen LogP contribution is -2.19. The lowest BCUT2D eigenvalue weighted by molar-refractivity contribution is 0.417. The largest absolute Gasteiger partial charge is 0.495 e. The molecule has 0 aliphatic heterocycles. The van der Waals surface area contributed by atoms with Crippen LogP contribution in [0, 0.1) is 0 Å². The Bertz CT molecular complexity index is 800. The number of hydrogen-bond acceptors (Lipinski definition) is 3. The van der Waals surface area contributed by atoms with E-state index in [0.717, 1.165) is 23.7 Å². The molecule has 3 rings (SSSR count). The highest BCUT2D eigenvalue weighted by Crippen LogP contribution is 2.23. The van der Waals surface area contributed by atoms with Crippen LogP contribution in [0.1, 0.15) is 5.56 Å². The van der Waals surface area contributed by atoms with Gasteiger partial charge < -0.3 is 15.4 Å². The summed E-state index contributed by atoms with van der Waals surface area (Å²) >= 11 is 5.36. The Labute approximate surface area is 146 Å². The van der Waals surface area contributed by atoms with Crippen molar-refractivity contribution < 1.29 is 4.74 Å². The highest BCUT2D eigenvalue weighted by atomic mass is 32.1. The van der Waals surface area contributed by atoms with Gasteiger partial charge in [0.25, 0.3) is 0 Å². The van der Waals surface area contributed by atoms with Crippen molar-refractivity contribution in [3.05, 3.63) is 72.6 Å². The van der Waals surface area contributed by atoms with Gasteiger partial charge in [-0.1, -0.05) is 24.3 Å². The number of nitrogens with one attached hydrogen (secondary N) is 2. The van der Waals surface area contributed by atoms with Gasteiger partial charge in [-0.2, -0.15) is 5.10 Å². The fourth-order valence-corrected chi connectivity index (χ4v) is 2.53. The maximum Gasteiger partial charge on any atom is 0.175 e. The third-order valence-corrected chi connectivity index (χ3v) is 3.67. The molecule has 1 heterocycles. The molecule has 5 nitrogen and oxygen atoms in total. The molecule has 2 aromatic carbocycles. The van der Waals surface area contributed by atoms with Gasteiger partial charge in [-0.3, -0.25) is 4.68 Å². The molecule has 0 aliphatic carbocycles. The molecule has 0 radical (unpaired) electrons. The predicted molar refractivity (Wildman–Crippen MR) is 101 cm³/mol. The fraction of sp³-hybridized carbons (Fsp3) is 0.111. The molecule has 0 aliphatic rings. The van der Waals surface area contributed by atoms with E-state index >= 15 is 0 Å². The molecule has 0 amide bonds. The number of hydrogen-bond donors (Lipinski definition) is 2. The number of thiocarbonyl (C=S) groups is 1. The fourth-order valence-electron chi connectivity index (χ4n) is 2.31. The summed E-state index contributed by atoms with van der Waals surface area (Å²) < 4.78 is 7.19. The quantitative estimate of drug-likeness (QED) is 0.694. The van der Waals surface area contributed by atoms with E-state index in [1.165, 1.54) is 5.56 Å². The second-order valence-corrected chi connectivity index (χ2v) is 5.59. The topological polar surface area (TPSA) is 51.1 Å². The Kier molecular flexibility index (Phi) is 5.08. The van der Waals surface area contributed by atoms with Crippen molar-refractivity contribution in [2.75, 3.05) is 17.7 Å². The van der Waals surface area contributed by atoms with Crippen molar-refractivity contribution in [1.82, 2.24) is 9.78 Å². The number of rotatable bonds is 5. The van der Waals surface area contributed by atoms with E-state index in [2.05, 4.69) is 27.9 Å². The molecule has 1 aromatic heterocycles. The molecule has 0 fully saturated rings. The summed E-state index contributed by atoms with van der Waals surface area (Å²) in [5.74, 6) is 0.747. The van der Waals surface area contributed by atoms with E-state index in [-0.39, 0.29) is 0 Å². The van der Waals surface area contributed by atoms with Crippen molar-refractivity contribution in [2.45, 2.75) is 6.54 Å². The van der Waals surface area contributed by atoms with E-state index in [4.69, 9.17) is 17.0 Å². The molecule has 0 spiro atoms. The lowest BCUT2D eigenvalue weighted by atomic mass is 10.2. The Morgan fingerprint density at radius 1 is 1.08 bits per heavy atom. The van der Waals surface area contributed by atoms with Gasteiger partial charge in [0.15, 0.2) is 5.11 Å². The number of nitrogens with zero attached hydrogens (tertiary/aromatic N) is 2. The number of aromatic nitrogens is 2. The average molecular weight is 338 g/mol. The van der Waals surface area contributed by atoms with Gasteiger partial charge in [-0.25, -0.2) is 0 Å². The van der Waals surface area contributed by atoms with Gasteiger partial charge in [0.1, 0.15) is 5.75 Å². The van der Waals surface area contributed by atoms with Gasteiger partial charge in [0.05, 0.1) is 19.3 Å². The first kappa shape index (κ1) is 16.0. The van der Waals surface area contributed by atoms with Crippen LogP contribution in [-0.2, 0) is 6.54 Å². The molecular weight excluding hydrogens is 320 g/mol. The van der Waals surface area contributed by atoms with Gasteiger partial charge in [0.2, 0.25) is 0 Å². The monoisotopic (exact) mass is 338 g/mol. The first-order chi connectivity index (χ1) is 11.7. The van der Waals surface area contributed by atoms with Crippen LogP contribution in [-0.4, -0.2) is 22.0 Å². The number of para-hydroxylation sites is 2. The molecule has 2 N–H and O–H groups in total. The van der Waals surface area contributed by atoms with Crippen molar-refractivity contribution in [3.63, 3.8) is 0 Å². The normalized spacial score (nSPS) is 10.2. The van der Waals surface area contributed by atoms with E-state index in [9.17, 15) is 0 Å². The van der Waals surface area contributed by atoms with Crippen LogP contribution in [0.2, 0.25) is 0 Å². The number of benzene rings is 2. The Morgan fingerprint density at radius 2 is 1.88 bits per heavy atom. The number of methoxy groups -OCH3 is 1. The summed E-state index contributed by atoms with van der Waals surface area (Å²) in [5.41, 5.74) is 2.92. The molecular formula is C18H18N4OS. The Hall–Kier alpha value is -2.86. The van der Waals surface area contributed by atoms with Gasteiger partial charge in [-0.15, -0.1) is 0 Å². The molecule has 0 atom stereocenters. The molecule has 6 heteroatoms. The summed E-state index contributed by atoms with van der Waals surface area (Å²) in [5, 5.41) is 11.0. The van der Waals surface area contributed by atoms with Crippen LogP contribution in [0.3, 0.4) is 0 Å². The van der Waals surface area contributed by atoms with Gasteiger partial charge >= 0.3 is 0 Å². The van der Waals surface area contributed by atoms with Crippen LogP contribution < -0.4 is 15.4 Å². The van der Waals surface area contributed by atoms with Crippen molar-refractivity contribution in [1.29, 1.82) is 0 Å². The zero-order valence-electron chi connectivity index (χ0n) is 13.3. The maximum atomic E-state index is 5.36. The molecule has 122 valence electrons. The highest BCUT2D eigenvalue weighted by Gasteiger charge is 2.04. The van der Waals surface area contributed by atoms with E-state index in [1.807, 2.05) is 53.3 Å². The van der Waals surface area contributed by atoms with Crippen LogP contribution in [0.4, 0.5) is 11.4 Å². The molecule has 3 aromatic rings. The first-order valence-corrected chi connectivity index (χ1v) is 7.93. The SMILES string of the molecule is COc1ccccc1NC(=S)Nc1ccc(Cn2cccn2)cc1. The smallest absolute Gasteiger partial charge is 0.175 e. The first-order valence-electron chi connectivity index (χ1n) is 7.52. The number of anilines is 2. The summed E-state index contributed by atoms with van der Waals surface area (Å²) in [6.07, 6.45) is 3.72. The molecule has 0 saturated heterocycles. The van der Waals surface area contributed by atoms with E-state index in [1.54, 1.807) is 13.3 Å². The standard InChI is InChI=1S/C18H18N4OS/c1-23-17-6-3-2-5-16(17)21-18(24)20-15-9-7-14(8-10-15)13-22-12-4-11-19-22/h2-12H,13H2,1H3,(H2,20,21,24). The van der Waals surface area contributed by atoms with Crippen LogP contribution >= 0.6 is 12.2 Å². The summed E-state index contributed by atoms with van der Waals surface area (Å²) in [7, 11) is 1.63.